The van der Waals surface area contributed by atoms with Gasteiger partial charge in [-0.2, -0.15) is 13.2 Å². The van der Waals surface area contributed by atoms with Crippen LogP contribution >= 0.6 is 11.8 Å². The number of carbonyl (C=O) groups excluding carboxylic acids is 2. The number of carbonyl (C=O) groups is 2. The van der Waals surface area contributed by atoms with Crippen molar-refractivity contribution < 1.29 is 41.9 Å². The highest BCUT2D eigenvalue weighted by atomic mass is 32.2. The lowest BCUT2D eigenvalue weighted by molar-refractivity contribution is -0.385. The summed E-state index contributed by atoms with van der Waals surface area (Å²) in [5.41, 5.74) is 0.437. The maximum Gasteiger partial charge on any atom is 0.416 e. The van der Waals surface area contributed by atoms with Gasteiger partial charge in [0, 0.05) is 6.07 Å². The van der Waals surface area contributed by atoms with Crippen molar-refractivity contribution in [3.63, 3.8) is 0 Å². The molecule has 0 atom stereocenters. The number of nitro benzene ring substituents is 1. The van der Waals surface area contributed by atoms with E-state index in [0.29, 0.717) is 23.4 Å². The third-order valence-electron chi connectivity index (χ3n) is 6.43. The van der Waals surface area contributed by atoms with Crippen LogP contribution in [0.4, 0.5) is 23.7 Å². The zero-order chi connectivity index (χ0) is 31.5. The molecule has 0 N–H and O–H groups in total. The molecular weight excluding hydrogens is 589 g/mol. The van der Waals surface area contributed by atoms with E-state index in [1.54, 1.807) is 0 Å². The number of nitro groups is 1. The number of imide groups is 1. The van der Waals surface area contributed by atoms with Crippen molar-refractivity contribution in [2.75, 3.05) is 20.3 Å². The largest absolute Gasteiger partial charge is 0.493 e. The normalized spacial score (nSPS) is 14.5. The zero-order valence-corrected chi connectivity index (χ0v) is 24.4. The monoisotopic (exact) mass is 616 g/mol. The summed E-state index contributed by atoms with van der Waals surface area (Å²) in [6.07, 6.45) is -3.29. The summed E-state index contributed by atoms with van der Waals surface area (Å²) >= 11 is 0.766. The predicted octanol–water partition coefficient (Wildman–Crippen LogP) is 7.96. The number of methoxy groups -OCH3 is 1. The molecule has 0 radical (unpaired) electrons. The lowest BCUT2D eigenvalue weighted by atomic mass is 10.0. The van der Waals surface area contributed by atoms with Crippen molar-refractivity contribution in [2.24, 2.45) is 0 Å². The number of hydrogen-bond acceptors (Lipinski definition) is 8. The van der Waals surface area contributed by atoms with Crippen molar-refractivity contribution in [3.8, 4) is 23.0 Å². The van der Waals surface area contributed by atoms with Gasteiger partial charge in [-0.25, -0.2) is 0 Å². The first-order chi connectivity index (χ1) is 20.3. The van der Waals surface area contributed by atoms with E-state index < -0.39 is 39.2 Å². The number of nitrogens with zero attached hydrogens (tertiary/aromatic N) is 2. The molecule has 0 spiro atoms. The molecule has 0 aromatic heterocycles. The second kappa shape index (κ2) is 12.8. The minimum absolute atomic E-state index is 0.00956. The molecule has 0 saturated carbocycles. The minimum Gasteiger partial charge on any atom is -0.493 e. The summed E-state index contributed by atoms with van der Waals surface area (Å²) in [6, 6.07) is 12.2. The Hall–Kier alpha value is -4.52. The number of ether oxygens (including phenoxy) is 3. The molecule has 4 rings (SSSR count). The Morgan fingerprint density at radius 3 is 2.37 bits per heavy atom. The van der Waals surface area contributed by atoms with Crippen LogP contribution in [-0.2, 0) is 11.0 Å². The van der Waals surface area contributed by atoms with E-state index in [-0.39, 0.29) is 35.5 Å². The quantitative estimate of drug-likeness (QED) is 0.128. The lowest BCUT2D eigenvalue weighted by Crippen LogP contribution is -2.32. The highest BCUT2D eigenvalue weighted by Crippen LogP contribution is 2.41. The smallest absolute Gasteiger partial charge is 0.416 e. The van der Waals surface area contributed by atoms with Crippen molar-refractivity contribution in [1.29, 1.82) is 0 Å². The van der Waals surface area contributed by atoms with E-state index in [0.717, 1.165) is 33.9 Å². The summed E-state index contributed by atoms with van der Waals surface area (Å²) in [5, 5.41) is 11.0. The van der Waals surface area contributed by atoms with Crippen molar-refractivity contribution >= 4 is 34.7 Å². The molecule has 3 aromatic carbocycles. The van der Waals surface area contributed by atoms with Crippen LogP contribution in [0.2, 0.25) is 0 Å². The van der Waals surface area contributed by atoms with Crippen LogP contribution < -0.4 is 14.2 Å². The molecule has 1 aliphatic heterocycles. The topological polar surface area (TPSA) is 108 Å². The summed E-state index contributed by atoms with van der Waals surface area (Å²) in [7, 11) is 1.31. The maximum absolute atomic E-state index is 13.0. The Labute approximate surface area is 249 Å². The summed E-state index contributed by atoms with van der Waals surface area (Å²) < 4.78 is 55.9. The van der Waals surface area contributed by atoms with E-state index in [9.17, 15) is 32.9 Å². The van der Waals surface area contributed by atoms with E-state index in [2.05, 4.69) is 0 Å². The van der Waals surface area contributed by atoms with E-state index in [4.69, 9.17) is 14.2 Å². The van der Waals surface area contributed by atoms with Gasteiger partial charge in [-0.15, -0.1) is 0 Å². The van der Waals surface area contributed by atoms with E-state index in [1.165, 1.54) is 31.4 Å². The van der Waals surface area contributed by atoms with Crippen molar-refractivity contribution in [3.05, 3.63) is 91.9 Å². The average Bonchev–Trinajstić information content (AvgIpc) is 3.20. The van der Waals surface area contributed by atoms with Crippen LogP contribution in [0.15, 0.2) is 59.5 Å². The molecule has 9 nitrogen and oxygen atoms in total. The minimum atomic E-state index is -4.77. The van der Waals surface area contributed by atoms with Gasteiger partial charge in [-0.3, -0.25) is 24.6 Å². The molecule has 13 heteroatoms. The molecule has 1 saturated heterocycles. The number of amides is 2. The van der Waals surface area contributed by atoms with Gasteiger partial charge in [-0.05, 0) is 77.7 Å². The number of hydrogen-bond donors (Lipinski definition) is 0. The van der Waals surface area contributed by atoms with Gasteiger partial charge in [-0.1, -0.05) is 32.0 Å². The fourth-order valence-corrected chi connectivity index (χ4v) is 5.10. The fraction of sp³-hybridized carbons (Fsp3) is 0.267. The number of aryl methyl sites for hydroxylation is 1. The van der Waals surface area contributed by atoms with Crippen LogP contribution in [0.3, 0.4) is 0 Å². The van der Waals surface area contributed by atoms with Crippen LogP contribution in [0.5, 0.6) is 23.0 Å². The average molecular weight is 617 g/mol. The van der Waals surface area contributed by atoms with Gasteiger partial charge in [0.15, 0.2) is 11.5 Å². The molecule has 43 heavy (non-hydrogen) atoms. The molecule has 0 unspecified atom stereocenters. The molecule has 2 amide bonds. The first kappa shape index (κ1) is 31.4. The molecular formula is C30H27F3N2O7S. The Morgan fingerprint density at radius 1 is 1.00 bits per heavy atom. The highest BCUT2D eigenvalue weighted by Gasteiger charge is 2.35. The van der Waals surface area contributed by atoms with E-state index in [1.807, 2.05) is 39.0 Å². The highest BCUT2D eigenvalue weighted by molar-refractivity contribution is 8.18. The van der Waals surface area contributed by atoms with Crippen LogP contribution in [0, 0.1) is 17.0 Å². The molecule has 0 bridgehead atoms. The lowest BCUT2D eigenvalue weighted by Gasteiger charge is -2.17. The van der Waals surface area contributed by atoms with E-state index >= 15 is 0 Å². The number of rotatable bonds is 10. The number of thioether (sulfide) groups is 1. The van der Waals surface area contributed by atoms with Gasteiger partial charge in [0.05, 0.1) is 29.0 Å². The second-order valence-corrected chi connectivity index (χ2v) is 10.8. The molecule has 1 heterocycles. The van der Waals surface area contributed by atoms with Gasteiger partial charge >= 0.3 is 11.9 Å². The number of benzene rings is 3. The second-order valence-electron chi connectivity index (χ2n) is 9.83. The third kappa shape index (κ3) is 7.28. The predicted molar refractivity (Wildman–Crippen MR) is 155 cm³/mol. The maximum atomic E-state index is 13.0. The molecule has 0 aliphatic carbocycles. The van der Waals surface area contributed by atoms with Crippen LogP contribution in [0.1, 0.15) is 42.0 Å². The van der Waals surface area contributed by atoms with Gasteiger partial charge in [0.2, 0.25) is 5.75 Å². The van der Waals surface area contributed by atoms with Gasteiger partial charge < -0.3 is 14.2 Å². The Bertz CT molecular complexity index is 1610. The standard InChI is InChI=1S/C30H27F3N2O7S/c1-17(2)21-8-5-18(3)13-25(21)41-12-11-34-28(36)27(43-29(34)37)15-19-6-9-24(26(14-19)40-4)42-23-10-7-20(30(31,32)33)16-22(23)35(38)39/h5-10,13-17H,11-12H2,1-4H3/b27-15-. The van der Waals surface area contributed by atoms with Crippen LogP contribution in [-0.4, -0.2) is 41.2 Å². The Kier molecular flexibility index (Phi) is 9.34. The first-order valence-corrected chi connectivity index (χ1v) is 13.8. The van der Waals surface area contributed by atoms with Gasteiger partial charge in [0.1, 0.15) is 12.4 Å². The molecule has 226 valence electrons. The molecule has 1 aliphatic rings. The third-order valence-corrected chi connectivity index (χ3v) is 7.33. The fourth-order valence-electron chi connectivity index (χ4n) is 4.23. The molecule has 3 aromatic rings. The first-order valence-electron chi connectivity index (χ1n) is 13.0. The summed E-state index contributed by atoms with van der Waals surface area (Å²) in [6.45, 7) is 6.21. The SMILES string of the molecule is COc1cc(/C=C2\SC(=O)N(CCOc3cc(C)ccc3C(C)C)C2=O)ccc1Oc1ccc(C(F)(F)F)cc1[N+](=O)[O-]. The Balaban J connectivity index is 1.48. The van der Waals surface area contributed by atoms with Crippen LogP contribution in [0.25, 0.3) is 6.08 Å². The Morgan fingerprint density at radius 2 is 1.72 bits per heavy atom. The van der Waals surface area contributed by atoms with Gasteiger partial charge in [0.25, 0.3) is 11.1 Å². The summed E-state index contributed by atoms with van der Waals surface area (Å²) in [5.74, 6) is 0.104. The summed E-state index contributed by atoms with van der Waals surface area (Å²) in [4.78, 5) is 37.3. The number of halogens is 3. The zero-order valence-electron chi connectivity index (χ0n) is 23.6. The van der Waals surface area contributed by atoms with Crippen molar-refractivity contribution in [2.45, 2.75) is 32.9 Å². The number of alkyl halides is 3. The molecule has 1 fully saturated rings. The van der Waals surface area contributed by atoms with Crippen molar-refractivity contribution in [1.82, 2.24) is 4.90 Å².